The second-order valence-electron chi connectivity index (χ2n) is 5.49. The number of ether oxygens (including phenoxy) is 1. The normalized spacial score (nSPS) is 18.5. The van der Waals surface area contributed by atoms with E-state index in [2.05, 4.69) is 10.1 Å². The van der Waals surface area contributed by atoms with Gasteiger partial charge in [0.15, 0.2) is 0 Å². The zero-order valence-corrected chi connectivity index (χ0v) is 12.7. The van der Waals surface area contributed by atoms with E-state index in [9.17, 15) is 13.6 Å². The average Bonchev–Trinajstić information content (AvgIpc) is 2.53. The van der Waals surface area contributed by atoms with E-state index in [0.29, 0.717) is 18.9 Å². The summed E-state index contributed by atoms with van der Waals surface area (Å²) in [4.78, 5) is 14.1. The van der Waals surface area contributed by atoms with Gasteiger partial charge in [-0.15, -0.1) is 0 Å². The highest BCUT2D eigenvalue weighted by atomic mass is 19.3. The minimum atomic E-state index is -2.81. The van der Waals surface area contributed by atoms with E-state index in [0.717, 1.165) is 31.5 Å². The molecule has 1 N–H and O–H groups in total. The van der Waals surface area contributed by atoms with Crippen molar-refractivity contribution in [3.8, 4) is 5.75 Å². The summed E-state index contributed by atoms with van der Waals surface area (Å²) < 4.78 is 28.4. The highest BCUT2D eigenvalue weighted by Crippen LogP contribution is 2.17. The van der Waals surface area contributed by atoms with Gasteiger partial charge in [-0.2, -0.15) is 8.78 Å². The molecule has 0 bridgehead atoms. The second-order valence-corrected chi connectivity index (χ2v) is 5.49. The maximum atomic E-state index is 12.2. The summed E-state index contributed by atoms with van der Waals surface area (Å²) in [5.41, 5.74) is 0.942. The zero-order valence-electron chi connectivity index (χ0n) is 12.7. The van der Waals surface area contributed by atoms with Crippen molar-refractivity contribution in [3.63, 3.8) is 0 Å². The summed E-state index contributed by atoms with van der Waals surface area (Å²) in [6.45, 7) is -1.24. The number of rotatable bonds is 6. The first-order chi connectivity index (χ1) is 10.6. The number of hydrogen-bond donors (Lipinski definition) is 1. The minimum Gasteiger partial charge on any atom is -0.435 e. The second kappa shape index (κ2) is 8.08. The topological polar surface area (TPSA) is 41.6 Å². The van der Waals surface area contributed by atoms with Gasteiger partial charge in [0.05, 0.1) is 0 Å². The van der Waals surface area contributed by atoms with E-state index in [4.69, 9.17) is 0 Å². The fourth-order valence-electron chi connectivity index (χ4n) is 2.69. The first-order valence-corrected chi connectivity index (χ1v) is 7.57. The van der Waals surface area contributed by atoms with E-state index >= 15 is 0 Å². The third kappa shape index (κ3) is 4.94. The standard InChI is InChI=1S/C16H22F2N2O2/c1-19-13-3-2-10-20(11-13)15(21)9-6-12-4-7-14(8-5-12)22-16(17)18/h4-5,7-8,13,16,19H,2-3,6,9-11H2,1H3. The number of halogens is 2. The molecule has 1 aliphatic rings. The Kier molecular flexibility index (Phi) is 6.12. The van der Waals surface area contributed by atoms with Crippen molar-refractivity contribution in [1.29, 1.82) is 0 Å². The van der Waals surface area contributed by atoms with Gasteiger partial charge in [0.1, 0.15) is 5.75 Å². The van der Waals surface area contributed by atoms with Crippen molar-refractivity contribution in [2.24, 2.45) is 0 Å². The van der Waals surface area contributed by atoms with E-state index in [1.165, 1.54) is 12.1 Å². The summed E-state index contributed by atoms with van der Waals surface area (Å²) in [6.07, 6.45) is 3.17. The van der Waals surface area contributed by atoms with Gasteiger partial charge in [-0.3, -0.25) is 4.79 Å². The molecule has 2 rings (SSSR count). The molecule has 0 aromatic heterocycles. The van der Waals surface area contributed by atoms with Crippen LogP contribution in [0.15, 0.2) is 24.3 Å². The maximum Gasteiger partial charge on any atom is 0.387 e. The lowest BCUT2D eigenvalue weighted by atomic mass is 10.0. The van der Waals surface area contributed by atoms with Crippen LogP contribution in [0.2, 0.25) is 0 Å². The van der Waals surface area contributed by atoms with Crippen molar-refractivity contribution in [3.05, 3.63) is 29.8 Å². The Hall–Kier alpha value is -1.69. The third-order valence-corrected chi connectivity index (χ3v) is 3.96. The van der Waals surface area contributed by atoms with Crippen LogP contribution < -0.4 is 10.1 Å². The van der Waals surface area contributed by atoms with Gasteiger partial charge < -0.3 is 15.0 Å². The van der Waals surface area contributed by atoms with Crippen molar-refractivity contribution in [1.82, 2.24) is 10.2 Å². The molecule has 1 aliphatic heterocycles. The molecule has 6 heteroatoms. The Morgan fingerprint density at radius 3 is 2.77 bits per heavy atom. The Balaban J connectivity index is 1.80. The van der Waals surface area contributed by atoms with Gasteiger partial charge in [-0.25, -0.2) is 0 Å². The number of nitrogens with zero attached hydrogens (tertiary/aromatic N) is 1. The van der Waals surface area contributed by atoms with Crippen LogP contribution in [0.25, 0.3) is 0 Å². The number of likely N-dealkylation sites (tertiary alicyclic amines) is 1. The zero-order chi connectivity index (χ0) is 15.9. The maximum absolute atomic E-state index is 12.2. The van der Waals surface area contributed by atoms with Crippen molar-refractivity contribution in [2.45, 2.75) is 38.3 Å². The van der Waals surface area contributed by atoms with Crippen LogP contribution in [0.4, 0.5) is 8.78 Å². The van der Waals surface area contributed by atoms with E-state index < -0.39 is 6.61 Å². The minimum absolute atomic E-state index is 0.137. The first kappa shape index (κ1) is 16.7. The van der Waals surface area contributed by atoms with Crippen LogP contribution in [0.5, 0.6) is 5.75 Å². The van der Waals surface area contributed by atoms with E-state index in [1.807, 2.05) is 11.9 Å². The molecular weight excluding hydrogens is 290 g/mol. The van der Waals surface area contributed by atoms with Crippen LogP contribution in [0, 0.1) is 0 Å². The van der Waals surface area contributed by atoms with E-state index in [1.54, 1.807) is 12.1 Å². The van der Waals surface area contributed by atoms with E-state index in [-0.39, 0.29) is 11.7 Å². The third-order valence-electron chi connectivity index (χ3n) is 3.96. The molecule has 1 amide bonds. The highest BCUT2D eigenvalue weighted by molar-refractivity contribution is 5.76. The van der Waals surface area contributed by atoms with Gasteiger partial charge in [0.2, 0.25) is 5.91 Å². The van der Waals surface area contributed by atoms with Crippen LogP contribution in [0.3, 0.4) is 0 Å². The lowest BCUT2D eigenvalue weighted by Crippen LogP contribution is -2.47. The number of carbonyl (C=O) groups is 1. The molecule has 0 aliphatic carbocycles. The van der Waals surface area contributed by atoms with Crippen LogP contribution in [0.1, 0.15) is 24.8 Å². The number of piperidine rings is 1. The summed E-state index contributed by atoms with van der Waals surface area (Å²) in [5, 5.41) is 3.22. The molecule has 1 heterocycles. The molecular formula is C16H22F2N2O2. The molecule has 1 aromatic carbocycles. The molecule has 4 nitrogen and oxygen atoms in total. The predicted octanol–water partition coefficient (Wildman–Crippen LogP) is 2.43. The largest absolute Gasteiger partial charge is 0.435 e. The van der Waals surface area contributed by atoms with Crippen LogP contribution >= 0.6 is 0 Å². The summed E-state index contributed by atoms with van der Waals surface area (Å²) in [7, 11) is 1.92. The Morgan fingerprint density at radius 1 is 1.41 bits per heavy atom. The van der Waals surface area contributed by atoms with Crippen molar-refractivity contribution in [2.75, 3.05) is 20.1 Å². The van der Waals surface area contributed by atoms with Crippen LogP contribution in [-0.2, 0) is 11.2 Å². The molecule has 0 spiro atoms. The van der Waals surface area contributed by atoms with Gasteiger partial charge in [0.25, 0.3) is 0 Å². The highest BCUT2D eigenvalue weighted by Gasteiger charge is 2.22. The fourth-order valence-corrected chi connectivity index (χ4v) is 2.69. The van der Waals surface area contributed by atoms with Crippen LogP contribution in [-0.4, -0.2) is 43.6 Å². The van der Waals surface area contributed by atoms with Crippen molar-refractivity contribution < 1.29 is 18.3 Å². The molecule has 1 aromatic rings. The average molecular weight is 312 g/mol. The SMILES string of the molecule is CNC1CCCN(C(=O)CCc2ccc(OC(F)F)cc2)C1. The Morgan fingerprint density at radius 2 is 2.14 bits per heavy atom. The fraction of sp³-hybridized carbons (Fsp3) is 0.562. The molecule has 22 heavy (non-hydrogen) atoms. The number of hydrogen-bond acceptors (Lipinski definition) is 3. The van der Waals surface area contributed by atoms with Crippen molar-refractivity contribution >= 4 is 5.91 Å². The van der Waals surface area contributed by atoms with Gasteiger partial charge in [-0.1, -0.05) is 12.1 Å². The number of carbonyl (C=O) groups excluding carboxylic acids is 1. The summed E-state index contributed by atoms with van der Waals surface area (Å²) >= 11 is 0. The first-order valence-electron chi connectivity index (χ1n) is 7.57. The monoisotopic (exact) mass is 312 g/mol. The predicted molar refractivity (Wildman–Crippen MR) is 80.1 cm³/mol. The summed E-state index contributed by atoms with van der Waals surface area (Å²) in [6, 6.07) is 6.83. The molecule has 1 unspecified atom stereocenters. The number of amides is 1. The molecule has 1 saturated heterocycles. The quantitative estimate of drug-likeness (QED) is 0.877. The number of aryl methyl sites for hydroxylation is 1. The smallest absolute Gasteiger partial charge is 0.387 e. The van der Waals surface area contributed by atoms with Gasteiger partial charge in [-0.05, 0) is 44.0 Å². The lowest BCUT2D eigenvalue weighted by molar-refractivity contribution is -0.132. The summed E-state index contributed by atoms with van der Waals surface area (Å²) in [5.74, 6) is 0.283. The van der Waals surface area contributed by atoms with Gasteiger partial charge >= 0.3 is 6.61 Å². The Labute approximate surface area is 129 Å². The number of likely N-dealkylation sites (N-methyl/N-ethyl adjacent to an activating group) is 1. The molecule has 1 atom stereocenters. The number of nitrogens with one attached hydrogen (secondary N) is 1. The number of alkyl halides is 2. The Bertz CT molecular complexity index is 480. The number of benzene rings is 1. The lowest BCUT2D eigenvalue weighted by Gasteiger charge is -2.32. The molecule has 122 valence electrons. The molecule has 1 fully saturated rings. The van der Waals surface area contributed by atoms with Gasteiger partial charge in [0, 0.05) is 25.6 Å². The molecule has 0 saturated carbocycles. The molecule has 0 radical (unpaired) electrons.